The number of alkyl halides is 3. The van der Waals surface area contributed by atoms with Crippen LogP contribution in [0.5, 0.6) is 0 Å². The number of aliphatic carboxylic acids is 1. The normalized spacial score (nSPS) is 17.9. The van der Waals surface area contributed by atoms with E-state index in [2.05, 4.69) is 10.3 Å². The largest absolute Gasteiger partial charge is 0.478 e. The Bertz CT molecular complexity index is 1440. The van der Waals surface area contributed by atoms with Crippen molar-refractivity contribution in [2.45, 2.75) is 24.6 Å². The Kier molecular flexibility index (Phi) is 6.65. The molecule has 4 rings (SSSR count). The van der Waals surface area contributed by atoms with Crippen LogP contribution in [0.25, 0.3) is 22.0 Å². The predicted octanol–water partition coefficient (Wildman–Crippen LogP) is 3.37. The Balaban J connectivity index is 1.56. The number of pyridine rings is 1. The summed E-state index contributed by atoms with van der Waals surface area (Å²) in [6.07, 6.45) is -2.94. The zero-order valence-electron chi connectivity index (χ0n) is 18.5. The van der Waals surface area contributed by atoms with Crippen molar-refractivity contribution in [1.82, 2.24) is 10.3 Å². The molecule has 1 unspecified atom stereocenters. The number of halogens is 3. The molecule has 8 nitrogen and oxygen atoms in total. The van der Waals surface area contributed by atoms with Crippen molar-refractivity contribution in [3.63, 3.8) is 0 Å². The molecule has 0 saturated carbocycles. The third kappa shape index (κ3) is 5.29. The molecular formula is C25H19F3N2O6. The summed E-state index contributed by atoms with van der Waals surface area (Å²) in [6.45, 7) is -0.166. The van der Waals surface area contributed by atoms with Crippen LogP contribution in [0.15, 0.2) is 65.5 Å². The van der Waals surface area contributed by atoms with Crippen molar-refractivity contribution in [1.29, 1.82) is 0 Å². The van der Waals surface area contributed by atoms with Crippen molar-refractivity contribution < 1.29 is 37.4 Å². The van der Waals surface area contributed by atoms with Crippen molar-refractivity contribution in [3.05, 3.63) is 82.2 Å². The number of hydrogen-bond acceptors (Lipinski definition) is 5. The Morgan fingerprint density at radius 2 is 1.83 bits per heavy atom. The minimum absolute atomic E-state index is 0.0191. The first kappa shape index (κ1) is 24.7. The molecule has 1 saturated heterocycles. The summed E-state index contributed by atoms with van der Waals surface area (Å²) in [4.78, 5) is 49.8. The number of hydrogen-bond donors (Lipinski definition) is 3. The van der Waals surface area contributed by atoms with E-state index < -0.39 is 41.2 Å². The number of amides is 1. The number of carboxylic acid groups (broad SMARTS) is 1. The molecule has 1 aromatic heterocycles. The third-order valence-corrected chi connectivity index (χ3v) is 5.77. The highest BCUT2D eigenvalue weighted by Crippen LogP contribution is 2.37. The molecule has 36 heavy (non-hydrogen) atoms. The molecule has 0 aliphatic carbocycles. The summed E-state index contributed by atoms with van der Waals surface area (Å²) in [5, 5.41) is 11.8. The second kappa shape index (κ2) is 9.68. The average molecular weight is 500 g/mol. The molecule has 3 N–H and O–H groups in total. The molecule has 2 heterocycles. The van der Waals surface area contributed by atoms with Crippen LogP contribution in [0, 0.1) is 0 Å². The number of fused-ring (bicyclic) bond motifs is 1. The molecular weight excluding hydrogens is 481 g/mol. The molecule has 1 amide bonds. The fraction of sp³-hybridized carbons (Fsp3) is 0.200. The molecule has 2 aromatic carbocycles. The first-order chi connectivity index (χ1) is 17.0. The fourth-order valence-corrected chi connectivity index (χ4v) is 4.12. The minimum atomic E-state index is -4.60. The second-order valence-corrected chi connectivity index (χ2v) is 8.20. The van der Waals surface area contributed by atoms with E-state index in [9.17, 15) is 32.3 Å². The van der Waals surface area contributed by atoms with Crippen LogP contribution in [-0.2, 0) is 25.3 Å². The van der Waals surface area contributed by atoms with E-state index in [1.807, 2.05) is 0 Å². The number of H-pyrrole nitrogens is 1. The summed E-state index contributed by atoms with van der Waals surface area (Å²) in [7, 11) is 0. The number of benzene rings is 2. The van der Waals surface area contributed by atoms with Crippen LogP contribution in [0.4, 0.5) is 13.2 Å². The summed E-state index contributed by atoms with van der Waals surface area (Å²) >= 11 is 0. The Hall–Kier alpha value is -4.41. The van der Waals surface area contributed by atoms with E-state index >= 15 is 0 Å². The van der Waals surface area contributed by atoms with Gasteiger partial charge in [0.2, 0.25) is 5.91 Å². The number of aromatic amines is 1. The van der Waals surface area contributed by atoms with Crippen LogP contribution in [-0.4, -0.2) is 40.6 Å². The zero-order chi connectivity index (χ0) is 26.0. The topological polar surface area (TPSA) is 126 Å². The van der Waals surface area contributed by atoms with E-state index in [1.165, 1.54) is 30.3 Å². The molecule has 1 fully saturated rings. The fourth-order valence-electron chi connectivity index (χ4n) is 4.12. The van der Waals surface area contributed by atoms with Gasteiger partial charge in [0.1, 0.15) is 6.61 Å². The molecule has 0 spiro atoms. The van der Waals surface area contributed by atoms with E-state index in [1.54, 1.807) is 12.1 Å². The molecule has 3 aromatic rings. The van der Waals surface area contributed by atoms with Gasteiger partial charge in [-0.25, -0.2) is 9.59 Å². The van der Waals surface area contributed by atoms with Gasteiger partial charge in [-0.3, -0.25) is 9.59 Å². The lowest BCUT2D eigenvalue weighted by Gasteiger charge is -2.14. The number of esters is 1. The van der Waals surface area contributed by atoms with Crippen LogP contribution in [0.1, 0.15) is 23.5 Å². The lowest BCUT2D eigenvalue weighted by molar-refractivity contribution is -0.139. The van der Waals surface area contributed by atoms with Gasteiger partial charge in [0.25, 0.3) is 5.56 Å². The number of nitrogens with one attached hydrogen (secondary N) is 2. The average Bonchev–Trinajstić information content (AvgIpc) is 3.21. The maximum atomic E-state index is 13.4. The van der Waals surface area contributed by atoms with Crippen molar-refractivity contribution in [3.8, 4) is 11.3 Å². The first-order valence-electron chi connectivity index (χ1n) is 10.7. The number of aromatic nitrogens is 1. The highest BCUT2D eigenvalue weighted by Gasteiger charge is 2.35. The quantitative estimate of drug-likeness (QED) is 0.352. The lowest BCUT2D eigenvalue weighted by atomic mass is 9.93. The highest BCUT2D eigenvalue weighted by molar-refractivity contribution is 5.91. The molecule has 11 heteroatoms. The Labute approximate surface area is 201 Å². The van der Waals surface area contributed by atoms with Crippen LogP contribution < -0.4 is 10.9 Å². The van der Waals surface area contributed by atoms with E-state index in [0.717, 1.165) is 12.1 Å². The maximum Gasteiger partial charge on any atom is 0.417 e. The molecule has 2 atom stereocenters. The third-order valence-electron chi connectivity index (χ3n) is 5.77. The van der Waals surface area contributed by atoms with Crippen molar-refractivity contribution in [2.24, 2.45) is 0 Å². The van der Waals surface area contributed by atoms with Gasteiger partial charge in [-0.05, 0) is 35.6 Å². The number of carbonyl (C=O) groups is 3. The first-order valence-corrected chi connectivity index (χ1v) is 10.7. The summed E-state index contributed by atoms with van der Waals surface area (Å²) < 4.78 is 45.2. The van der Waals surface area contributed by atoms with Gasteiger partial charge in [-0.15, -0.1) is 0 Å². The van der Waals surface area contributed by atoms with Gasteiger partial charge in [0, 0.05) is 28.8 Å². The van der Waals surface area contributed by atoms with Gasteiger partial charge in [0.15, 0.2) is 0 Å². The minimum Gasteiger partial charge on any atom is -0.478 e. The molecule has 0 radical (unpaired) electrons. The maximum absolute atomic E-state index is 13.4. The number of carbonyl (C=O) groups excluding carboxylic acids is 2. The standard InChI is InChI=1S/C25H19F3N2O6/c26-25(27,28)19-4-2-1-3-16(19)20-10-14-6-5-13(9-17(14)24(35)30-20)18-11-15(29-23(18)34)12-36-22(33)8-7-21(31)32/h1-10,15,18H,11-12H2,(H,29,34)(H,30,35)(H,31,32)/b8-7-/t15?,18-/m1/s1. The van der Waals surface area contributed by atoms with Crippen molar-refractivity contribution in [2.75, 3.05) is 6.61 Å². The van der Waals surface area contributed by atoms with E-state index in [0.29, 0.717) is 17.0 Å². The van der Waals surface area contributed by atoms with Crippen LogP contribution in [0.3, 0.4) is 0 Å². The molecule has 1 aliphatic heterocycles. The van der Waals surface area contributed by atoms with Crippen LogP contribution >= 0.6 is 0 Å². The van der Waals surface area contributed by atoms with Gasteiger partial charge < -0.3 is 20.1 Å². The summed E-state index contributed by atoms with van der Waals surface area (Å²) in [6, 6.07) is 10.6. The van der Waals surface area contributed by atoms with E-state index in [4.69, 9.17) is 9.84 Å². The number of rotatable bonds is 6. The number of ether oxygens (including phenoxy) is 1. The van der Waals surface area contributed by atoms with E-state index in [-0.39, 0.29) is 35.6 Å². The highest BCUT2D eigenvalue weighted by atomic mass is 19.4. The second-order valence-electron chi connectivity index (χ2n) is 8.20. The van der Waals surface area contributed by atoms with Gasteiger partial charge in [0.05, 0.1) is 17.5 Å². The van der Waals surface area contributed by atoms with Gasteiger partial charge in [-0.2, -0.15) is 13.2 Å². The van der Waals surface area contributed by atoms with Gasteiger partial charge >= 0.3 is 18.1 Å². The predicted molar refractivity (Wildman–Crippen MR) is 122 cm³/mol. The number of carboxylic acids is 1. The zero-order valence-corrected chi connectivity index (χ0v) is 18.5. The summed E-state index contributed by atoms with van der Waals surface area (Å²) in [5.41, 5.74) is -1.09. The smallest absolute Gasteiger partial charge is 0.417 e. The Morgan fingerprint density at radius 1 is 1.08 bits per heavy atom. The molecule has 186 valence electrons. The molecule has 0 bridgehead atoms. The monoisotopic (exact) mass is 500 g/mol. The lowest BCUT2D eigenvalue weighted by Crippen LogP contribution is -2.30. The van der Waals surface area contributed by atoms with Gasteiger partial charge in [-0.1, -0.05) is 30.3 Å². The van der Waals surface area contributed by atoms with Crippen molar-refractivity contribution >= 4 is 28.6 Å². The van der Waals surface area contributed by atoms with Crippen LogP contribution in [0.2, 0.25) is 0 Å². The SMILES string of the molecule is O=C(O)/C=C\C(=O)OCC1C[C@H](c2ccc3cc(-c4ccccc4C(F)(F)F)[nH]c(=O)c3c2)C(=O)N1. The molecule has 1 aliphatic rings. The Morgan fingerprint density at radius 3 is 2.56 bits per heavy atom. The summed E-state index contributed by atoms with van der Waals surface area (Å²) in [5.74, 6) is -3.15.